The van der Waals surface area contributed by atoms with Gasteiger partial charge in [0.05, 0.1) is 24.7 Å². The first kappa shape index (κ1) is 42.6. The Morgan fingerprint density at radius 2 is 1.84 bits per heavy atom. The van der Waals surface area contributed by atoms with Gasteiger partial charge in [-0.2, -0.15) is 0 Å². The van der Waals surface area contributed by atoms with Crippen molar-refractivity contribution in [1.82, 2.24) is 0 Å². The number of aliphatic hydroxyl groups is 1. The van der Waals surface area contributed by atoms with E-state index in [4.69, 9.17) is 33.2 Å². The highest BCUT2D eigenvalue weighted by atomic mass is 16.7. The largest absolute Gasteiger partial charge is 0.460 e. The molecular weight excluding hydrogens is 632 g/mol. The minimum absolute atomic E-state index is 0.0297. The highest BCUT2D eigenvalue weighted by molar-refractivity contribution is 5.71. The summed E-state index contributed by atoms with van der Waals surface area (Å²) < 4.78 is 40.3. The van der Waals surface area contributed by atoms with Gasteiger partial charge in [0.25, 0.3) is 0 Å². The molecule has 0 amide bonds. The van der Waals surface area contributed by atoms with E-state index in [2.05, 4.69) is 19.9 Å². The quantitative estimate of drug-likeness (QED) is 0.0478. The van der Waals surface area contributed by atoms with E-state index in [1.54, 1.807) is 13.0 Å². The zero-order chi connectivity index (χ0) is 36.7. The van der Waals surface area contributed by atoms with Crippen molar-refractivity contribution >= 4 is 17.9 Å². The Labute approximate surface area is 293 Å². The molecule has 2 rings (SSSR count). The minimum Gasteiger partial charge on any atom is -0.460 e. The number of esters is 3. The van der Waals surface area contributed by atoms with Crippen LogP contribution < -0.4 is 0 Å². The second kappa shape index (κ2) is 20.9. The van der Waals surface area contributed by atoms with Crippen molar-refractivity contribution < 1.29 is 52.6 Å². The van der Waals surface area contributed by atoms with Crippen molar-refractivity contribution in [1.29, 1.82) is 0 Å². The molecule has 1 fully saturated rings. The van der Waals surface area contributed by atoms with Gasteiger partial charge in [-0.25, -0.2) is 4.79 Å². The molecule has 0 aliphatic carbocycles. The van der Waals surface area contributed by atoms with Crippen LogP contribution in [-0.4, -0.2) is 91.3 Å². The molecule has 0 radical (unpaired) electrons. The number of allylic oxidation sites excluding steroid dienone is 3. The fourth-order valence-corrected chi connectivity index (χ4v) is 6.30. The highest BCUT2D eigenvalue weighted by Gasteiger charge is 2.46. The Morgan fingerprint density at radius 1 is 1.12 bits per heavy atom. The number of aliphatic hydroxyl groups excluding tert-OH is 1. The standard InChI is InChI=1S/C38H62O11/c1-11-31(46-35(42)23-43-12-2)27(7)37-32(47-37)21-24(4)15-14-16-25(5)36-26(6)17-18-33(45-28(8)39)38(10,49-29(9)44-13-3)20-19-30(40)22-34(41)48-36/h14-18,24,26-27,29-33,36-37,40H,11-13,19-23H2,1-10H3/b15-14+,18-17-,25-16+. The zero-order valence-electron chi connectivity index (χ0n) is 31.3. The van der Waals surface area contributed by atoms with Crippen LogP contribution >= 0.6 is 0 Å². The second-order valence-corrected chi connectivity index (χ2v) is 13.6. The van der Waals surface area contributed by atoms with Gasteiger partial charge in [0.2, 0.25) is 0 Å². The van der Waals surface area contributed by atoms with Crippen LogP contribution in [0.3, 0.4) is 0 Å². The summed E-state index contributed by atoms with van der Waals surface area (Å²) in [4.78, 5) is 37.2. The molecule has 280 valence electrons. The van der Waals surface area contributed by atoms with Gasteiger partial charge in [-0.15, -0.1) is 0 Å². The molecule has 0 spiro atoms. The molecule has 1 N–H and O–H groups in total. The summed E-state index contributed by atoms with van der Waals surface area (Å²) in [5, 5.41) is 10.8. The molecule has 2 aliphatic rings. The maximum atomic E-state index is 13.0. The van der Waals surface area contributed by atoms with Crippen molar-refractivity contribution in [2.45, 2.75) is 150 Å². The van der Waals surface area contributed by atoms with E-state index in [0.29, 0.717) is 26.1 Å². The van der Waals surface area contributed by atoms with Gasteiger partial charge >= 0.3 is 17.9 Å². The average Bonchev–Trinajstić information content (AvgIpc) is 3.80. The van der Waals surface area contributed by atoms with Crippen LogP contribution in [0.4, 0.5) is 0 Å². The summed E-state index contributed by atoms with van der Waals surface area (Å²) >= 11 is 0. The van der Waals surface area contributed by atoms with Crippen LogP contribution in [0.1, 0.15) is 101 Å². The van der Waals surface area contributed by atoms with Gasteiger partial charge in [0.15, 0.2) is 6.29 Å². The van der Waals surface area contributed by atoms with Gasteiger partial charge in [0, 0.05) is 32.0 Å². The summed E-state index contributed by atoms with van der Waals surface area (Å²) in [7, 11) is 0. The summed E-state index contributed by atoms with van der Waals surface area (Å²) in [6.07, 6.45) is 8.49. The van der Waals surface area contributed by atoms with Crippen molar-refractivity contribution in [2.75, 3.05) is 19.8 Å². The first-order valence-corrected chi connectivity index (χ1v) is 17.9. The number of hydrogen-bond acceptors (Lipinski definition) is 11. The number of rotatable bonds is 17. The minimum atomic E-state index is -1.02. The normalized spacial score (nSPS) is 31.4. The Bertz CT molecular complexity index is 1130. The second-order valence-electron chi connectivity index (χ2n) is 13.6. The zero-order valence-corrected chi connectivity index (χ0v) is 31.3. The molecule has 11 heteroatoms. The lowest BCUT2D eigenvalue weighted by Crippen LogP contribution is -2.47. The molecule has 2 heterocycles. The van der Waals surface area contributed by atoms with E-state index < -0.39 is 42.1 Å². The van der Waals surface area contributed by atoms with Crippen LogP contribution in [0.2, 0.25) is 0 Å². The van der Waals surface area contributed by atoms with Gasteiger partial charge in [-0.1, -0.05) is 52.0 Å². The van der Waals surface area contributed by atoms with E-state index in [0.717, 1.165) is 12.0 Å². The third kappa shape index (κ3) is 14.7. The molecule has 11 atom stereocenters. The molecule has 0 aromatic rings. The van der Waals surface area contributed by atoms with Gasteiger partial charge in [-0.3, -0.25) is 9.59 Å². The molecular formula is C38H62O11. The van der Waals surface area contributed by atoms with Gasteiger partial charge < -0.3 is 38.3 Å². The molecule has 0 bridgehead atoms. The van der Waals surface area contributed by atoms with Crippen molar-refractivity contribution in [3.63, 3.8) is 0 Å². The summed E-state index contributed by atoms with van der Waals surface area (Å²) in [5.41, 5.74) is -0.199. The van der Waals surface area contributed by atoms with E-state index in [9.17, 15) is 19.5 Å². The molecule has 49 heavy (non-hydrogen) atoms. The summed E-state index contributed by atoms with van der Waals surface area (Å²) in [6, 6.07) is 0. The molecule has 1 saturated heterocycles. The van der Waals surface area contributed by atoms with E-state index >= 15 is 0 Å². The van der Waals surface area contributed by atoms with Crippen LogP contribution in [0, 0.1) is 17.8 Å². The SMILES string of the molecule is CCOCC(=O)OC(CC)C(C)C1OC1CC(C)/C=C/C=C(\C)C1OC(=O)CC(O)CCC(C)(OC(C)OCC)C(OC(C)=O)/C=C\C1C. The van der Waals surface area contributed by atoms with Gasteiger partial charge in [-0.05, 0) is 77.9 Å². The molecule has 11 unspecified atom stereocenters. The monoisotopic (exact) mass is 694 g/mol. The number of hydrogen-bond donors (Lipinski definition) is 1. The van der Waals surface area contributed by atoms with Crippen molar-refractivity contribution in [2.24, 2.45) is 17.8 Å². The third-order valence-corrected chi connectivity index (χ3v) is 9.12. The van der Waals surface area contributed by atoms with Crippen LogP contribution in [0.5, 0.6) is 0 Å². The van der Waals surface area contributed by atoms with Crippen LogP contribution in [-0.2, 0) is 47.5 Å². The maximum absolute atomic E-state index is 13.0. The molecule has 0 aromatic carbocycles. The lowest BCUT2D eigenvalue weighted by molar-refractivity contribution is -0.227. The topological polar surface area (TPSA) is 139 Å². The molecule has 0 saturated carbocycles. The molecule has 2 aliphatic heterocycles. The predicted octanol–water partition coefficient (Wildman–Crippen LogP) is 6.02. The average molecular weight is 695 g/mol. The fourth-order valence-electron chi connectivity index (χ4n) is 6.30. The summed E-state index contributed by atoms with van der Waals surface area (Å²) in [6.45, 7) is 19.5. The maximum Gasteiger partial charge on any atom is 0.332 e. The smallest absolute Gasteiger partial charge is 0.332 e. The number of ether oxygens (including phenoxy) is 7. The Balaban J connectivity index is 2.15. The lowest BCUT2D eigenvalue weighted by Gasteiger charge is -2.38. The fraction of sp³-hybridized carbons (Fsp3) is 0.763. The van der Waals surface area contributed by atoms with Gasteiger partial charge in [0.1, 0.15) is 30.5 Å². The van der Waals surface area contributed by atoms with E-state index in [1.807, 2.05) is 59.8 Å². The van der Waals surface area contributed by atoms with E-state index in [1.165, 1.54) is 6.92 Å². The van der Waals surface area contributed by atoms with E-state index in [-0.39, 0.29) is 61.5 Å². The van der Waals surface area contributed by atoms with Crippen molar-refractivity contribution in [3.05, 3.63) is 36.0 Å². The lowest BCUT2D eigenvalue weighted by atomic mass is 9.88. The third-order valence-electron chi connectivity index (χ3n) is 9.12. The Morgan fingerprint density at radius 3 is 2.47 bits per heavy atom. The Hall–Kier alpha value is -2.57. The van der Waals surface area contributed by atoms with Crippen LogP contribution in [0.15, 0.2) is 36.0 Å². The molecule has 0 aromatic heterocycles. The highest BCUT2D eigenvalue weighted by Crippen LogP contribution is 2.37. The summed E-state index contributed by atoms with van der Waals surface area (Å²) in [5.74, 6) is -1.32. The Kier molecular flexibility index (Phi) is 18.2. The molecule has 11 nitrogen and oxygen atoms in total. The number of epoxide rings is 1. The number of cyclic esters (lactones) is 1. The van der Waals surface area contributed by atoms with Crippen LogP contribution in [0.25, 0.3) is 0 Å². The van der Waals surface area contributed by atoms with Crippen molar-refractivity contribution in [3.8, 4) is 0 Å². The first-order valence-electron chi connectivity index (χ1n) is 17.9. The first-order chi connectivity index (χ1) is 23.1. The number of carbonyl (C=O) groups excluding carboxylic acids is 3. The number of carbonyl (C=O) groups is 3. The predicted molar refractivity (Wildman–Crippen MR) is 185 cm³/mol.